The van der Waals surface area contributed by atoms with Gasteiger partial charge < -0.3 is 14.7 Å². The summed E-state index contributed by atoms with van der Waals surface area (Å²) in [6.07, 6.45) is 1.40. The molecule has 0 heterocycles. The number of phenols is 1. The lowest BCUT2D eigenvalue weighted by Gasteiger charge is -2.21. The Bertz CT molecular complexity index is 820. The molecule has 0 fully saturated rings. The maximum Gasteiger partial charge on any atom is 0.277 e. The van der Waals surface area contributed by atoms with E-state index in [0.29, 0.717) is 11.3 Å². The largest absolute Gasteiger partial charge is 0.507 e. The quantitative estimate of drug-likeness (QED) is 0.489. The van der Waals surface area contributed by atoms with Gasteiger partial charge >= 0.3 is 0 Å². The monoisotopic (exact) mass is 433 g/mol. The number of amides is 1. The van der Waals surface area contributed by atoms with Crippen molar-refractivity contribution in [3.63, 3.8) is 0 Å². The van der Waals surface area contributed by atoms with Crippen LogP contribution in [0.5, 0.6) is 11.5 Å². The highest BCUT2D eigenvalue weighted by Gasteiger charge is 2.07. The van der Waals surface area contributed by atoms with Crippen molar-refractivity contribution < 1.29 is 14.6 Å². The van der Waals surface area contributed by atoms with E-state index in [4.69, 9.17) is 4.74 Å². The molecule has 144 valence electrons. The van der Waals surface area contributed by atoms with Crippen molar-refractivity contribution in [1.82, 2.24) is 5.43 Å². The zero-order chi connectivity index (χ0) is 19.8. The van der Waals surface area contributed by atoms with E-state index in [-0.39, 0.29) is 12.4 Å². The molecule has 0 saturated heterocycles. The van der Waals surface area contributed by atoms with Crippen molar-refractivity contribution in [2.75, 3.05) is 24.6 Å². The molecule has 0 aromatic heterocycles. The van der Waals surface area contributed by atoms with E-state index in [1.807, 2.05) is 25.1 Å². The molecule has 2 aromatic carbocycles. The minimum absolute atomic E-state index is 0.109. The number of hydrogen-bond acceptors (Lipinski definition) is 5. The third kappa shape index (κ3) is 5.99. The number of nitrogens with one attached hydrogen (secondary N) is 1. The summed E-state index contributed by atoms with van der Waals surface area (Å²) in [5.41, 5.74) is 4.94. The number of anilines is 1. The Morgan fingerprint density at radius 2 is 2.00 bits per heavy atom. The van der Waals surface area contributed by atoms with Crippen molar-refractivity contribution in [3.05, 3.63) is 52.0 Å². The lowest BCUT2D eigenvalue weighted by molar-refractivity contribution is -0.123. The Kier molecular flexibility index (Phi) is 7.67. The molecule has 2 aromatic rings. The minimum Gasteiger partial charge on any atom is -0.507 e. The summed E-state index contributed by atoms with van der Waals surface area (Å²) in [6.45, 7) is 7.64. The highest BCUT2D eigenvalue weighted by Crippen LogP contribution is 2.25. The molecule has 2 N–H and O–H groups in total. The van der Waals surface area contributed by atoms with Gasteiger partial charge in [-0.3, -0.25) is 4.79 Å². The Hall–Kier alpha value is -2.54. The third-order valence-electron chi connectivity index (χ3n) is 3.98. The number of halogens is 1. The number of ether oxygens (including phenoxy) is 1. The molecule has 0 unspecified atom stereocenters. The molecule has 0 spiro atoms. The van der Waals surface area contributed by atoms with Crippen LogP contribution in [-0.4, -0.2) is 36.9 Å². The smallest absolute Gasteiger partial charge is 0.277 e. The number of carbonyl (C=O) groups excluding carboxylic acids is 1. The Balaban J connectivity index is 1.90. The van der Waals surface area contributed by atoms with Crippen LogP contribution in [0, 0.1) is 6.92 Å². The van der Waals surface area contributed by atoms with Gasteiger partial charge in [0, 0.05) is 30.4 Å². The Morgan fingerprint density at radius 1 is 1.26 bits per heavy atom. The molecule has 0 aliphatic carbocycles. The zero-order valence-corrected chi connectivity index (χ0v) is 17.3. The number of phenolic OH excluding ortho intramolecular Hbond substituents is 1. The van der Waals surface area contributed by atoms with Crippen LogP contribution in [0.4, 0.5) is 5.69 Å². The second kappa shape index (κ2) is 9.97. The van der Waals surface area contributed by atoms with Gasteiger partial charge in [0.1, 0.15) is 11.5 Å². The Labute approximate surface area is 168 Å². The summed E-state index contributed by atoms with van der Waals surface area (Å²) in [5.74, 6) is 0.305. The standard InChI is InChI=1S/C20H24BrN3O3/c1-4-24(5-2)16-8-7-15(18(25)11-16)12-22-23-20(26)13-27-19-9-6-14(3)10-17(19)21/h6-12,25H,4-5,13H2,1-3H3,(H,23,26)/b22-12+. The fourth-order valence-electron chi connectivity index (χ4n) is 2.50. The summed E-state index contributed by atoms with van der Waals surface area (Å²) in [4.78, 5) is 14.0. The van der Waals surface area contributed by atoms with Crippen molar-refractivity contribution in [2.24, 2.45) is 5.10 Å². The average Bonchev–Trinajstić information content (AvgIpc) is 2.63. The first-order chi connectivity index (χ1) is 12.9. The Morgan fingerprint density at radius 3 is 2.63 bits per heavy atom. The highest BCUT2D eigenvalue weighted by molar-refractivity contribution is 9.10. The first kappa shape index (κ1) is 20.8. The predicted molar refractivity (Wildman–Crippen MR) is 112 cm³/mol. The van der Waals surface area contributed by atoms with Crippen molar-refractivity contribution in [1.29, 1.82) is 0 Å². The first-order valence-electron chi connectivity index (χ1n) is 8.73. The average molecular weight is 434 g/mol. The molecular formula is C20H24BrN3O3. The van der Waals surface area contributed by atoms with Gasteiger partial charge in [-0.25, -0.2) is 5.43 Å². The summed E-state index contributed by atoms with van der Waals surface area (Å²) >= 11 is 3.40. The molecule has 0 bridgehead atoms. The molecule has 7 heteroatoms. The molecule has 6 nitrogen and oxygen atoms in total. The maximum atomic E-state index is 11.9. The second-order valence-corrected chi connectivity index (χ2v) is 6.79. The van der Waals surface area contributed by atoms with Crippen molar-refractivity contribution >= 4 is 33.7 Å². The van der Waals surface area contributed by atoms with Crippen LogP contribution in [-0.2, 0) is 4.79 Å². The molecule has 0 atom stereocenters. The fourth-order valence-corrected chi connectivity index (χ4v) is 3.11. The molecule has 0 aliphatic heterocycles. The van der Waals surface area contributed by atoms with Crippen LogP contribution < -0.4 is 15.1 Å². The number of carbonyl (C=O) groups is 1. The van der Waals surface area contributed by atoms with Crippen LogP contribution in [0.2, 0.25) is 0 Å². The number of nitrogens with zero attached hydrogens (tertiary/aromatic N) is 2. The number of aryl methyl sites for hydroxylation is 1. The lowest BCUT2D eigenvalue weighted by atomic mass is 10.2. The van der Waals surface area contributed by atoms with E-state index < -0.39 is 5.91 Å². The maximum absolute atomic E-state index is 11.9. The van der Waals surface area contributed by atoms with Gasteiger partial charge in [-0.05, 0) is 66.5 Å². The number of benzene rings is 2. The van der Waals surface area contributed by atoms with E-state index in [1.54, 1.807) is 18.2 Å². The van der Waals surface area contributed by atoms with Crippen molar-refractivity contribution in [3.8, 4) is 11.5 Å². The van der Waals surface area contributed by atoms with Gasteiger partial charge in [0.2, 0.25) is 0 Å². The molecular weight excluding hydrogens is 410 g/mol. The van der Waals surface area contributed by atoms with E-state index in [9.17, 15) is 9.90 Å². The molecule has 0 saturated carbocycles. The van der Waals surface area contributed by atoms with Gasteiger partial charge in [-0.2, -0.15) is 5.10 Å². The highest BCUT2D eigenvalue weighted by atomic mass is 79.9. The van der Waals surface area contributed by atoms with Crippen LogP contribution >= 0.6 is 15.9 Å². The number of hydrogen-bond donors (Lipinski definition) is 2. The first-order valence-corrected chi connectivity index (χ1v) is 9.52. The number of aromatic hydroxyl groups is 1. The van der Waals surface area contributed by atoms with E-state index in [1.165, 1.54) is 6.21 Å². The number of rotatable bonds is 8. The van der Waals surface area contributed by atoms with E-state index >= 15 is 0 Å². The molecule has 0 aliphatic rings. The van der Waals surface area contributed by atoms with E-state index in [2.05, 4.69) is 45.2 Å². The van der Waals surface area contributed by atoms with E-state index in [0.717, 1.165) is 28.8 Å². The van der Waals surface area contributed by atoms with Gasteiger partial charge in [0.15, 0.2) is 6.61 Å². The minimum atomic E-state index is -0.391. The second-order valence-electron chi connectivity index (χ2n) is 5.93. The number of hydrazone groups is 1. The van der Waals surface area contributed by atoms with Crippen LogP contribution in [0.1, 0.15) is 25.0 Å². The van der Waals surface area contributed by atoms with Gasteiger partial charge in [-0.1, -0.05) is 6.07 Å². The van der Waals surface area contributed by atoms with Crippen molar-refractivity contribution in [2.45, 2.75) is 20.8 Å². The normalized spacial score (nSPS) is 10.8. The summed E-state index contributed by atoms with van der Waals surface area (Å²) in [5, 5.41) is 14.0. The molecule has 27 heavy (non-hydrogen) atoms. The van der Waals surface area contributed by atoms with Gasteiger partial charge in [0.25, 0.3) is 5.91 Å². The zero-order valence-electron chi connectivity index (χ0n) is 15.7. The summed E-state index contributed by atoms with van der Waals surface area (Å²) in [7, 11) is 0. The third-order valence-corrected chi connectivity index (χ3v) is 4.60. The lowest BCUT2D eigenvalue weighted by Crippen LogP contribution is -2.24. The topological polar surface area (TPSA) is 74.2 Å². The van der Waals surface area contributed by atoms with Crippen LogP contribution in [0.3, 0.4) is 0 Å². The molecule has 2 rings (SSSR count). The fraction of sp³-hybridized carbons (Fsp3) is 0.300. The van der Waals surface area contributed by atoms with Crippen LogP contribution in [0.25, 0.3) is 0 Å². The van der Waals surface area contributed by atoms with Gasteiger partial charge in [-0.15, -0.1) is 0 Å². The predicted octanol–water partition coefficient (Wildman–Crippen LogP) is 3.84. The summed E-state index contributed by atoms with van der Waals surface area (Å²) < 4.78 is 6.25. The van der Waals surface area contributed by atoms with Crippen LogP contribution in [0.15, 0.2) is 46.0 Å². The summed E-state index contributed by atoms with van der Waals surface area (Å²) in [6, 6.07) is 11.0. The van der Waals surface area contributed by atoms with Gasteiger partial charge in [0.05, 0.1) is 10.7 Å². The SMILES string of the molecule is CCN(CC)c1ccc(/C=N/NC(=O)COc2ccc(C)cc2Br)c(O)c1. The molecule has 1 amide bonds. The molecule has 0 radical (unpaired) electrons.